The molecule has 0 spiro atoms. The number of fused-ring (bicyclic) bond motifs is 1. The van der Waals surface area contributed by atoms with Crippen LogP contribution in [0.4, 0.5) is 5.69 Å². The van der Waals surface area contributed by atoms with Crippen LogP contribution < -0.4 is 15.0 Å². The Morgan fingerprint density at radius 3 is 1.88 bits per heavy atom. The van der Waals surface area contributed by atoms with Crippen LogP contribution in [0.2, 0.25) is 0 Å². The summed E-state index contributed by atoms with van der Waals surface area (Å²) in [6.45, 7) is 1.05. The van der Waals surface area contributed by atoms with Gasteiger partial charge >= 0.3 is 0 Å². The molecule has 4 aromatic carbocycles. The Balaban J connectivity index is 1.28. The maximum absolute atomic E-state index is 5.93. The number of hydrogen-bond donors (Lipinski definition) is 1. The predicted molar refractivity (Wildman–Crippen MR) is 135 cm³/mol. The number of hydrogen-bond acceptors (Lipinski definition) is 4. The summed E-state index contributed by atoms with van der Waals surface area (Å²) in [5.41, 5.74) is 8.10. The Hall–Kier alpha value is -3.70. The van der Waals surface area contributed by atoms with Gasteiger partial charge in [0.2, 0.25) is 0 Å². The van der Waals surface area contributed by atoms with Crippen LogP contribution in [-0.4, -0.2) is 0 Å². The van der Waals surface area contributed by atoms with E-state index in [1.54, 1.807) is 0 Å². The third-order valence-corrected chi connectivity index (χ3v) is 6.09. The van der Waals surface area contributed by atoms with Gasteiger partial charge in [-0.15, -0.1) is 0 Å². The molecule has 0 fully saturated rings. The van der Waals surface area contributed by atoms with Gasteiger partial charge in [0.1, 0.15) is 24.7 Å². The molecule has 5 rings (SSSR count). The Labute approximate surface area is 201 Å². The van der Waals surface area contributed by atoms with E-state index in [1.165, 1.54) is 0 Å². The summed E-state index contributed by atoms with van der Waals surface area (Å²) in [5.74, 6) is 2.30. The normalized spacial score (nSPS) is 12.4. The maximum atomic E-state index is 5.93. The molecule has 4 nitrogen and oxygen atoms in total. The maximum Gasteiger partial charge on any atom is 0.177 e. The van der Waals surface area contributed by atoms with Gasteiger partial charge in [-0.05, 0) is 63.5 Å². The molecule has 0 bridgehead atoms. The lowest BCUT2D eigenvalue weighted by molar-refractivity contribution is 0.305. The molecular formula is C28H22BrNO3. The van der Waals surface area contributed by atoms with Gasteiger partial charge in [-0.25, -0.2) is 5.48 Å². The topological polar surface area (TPSA) is 39.7 Å². The van der Waals surface area contributed by atoms with Crippen molar-refractivity contribution < 1.29 is 14.3 Å². The first kappa shape index (κ1) is 21.2. The molecule has 164 valence electrons. The van der Waals surface area contributed by atoms with E-state index < -0.39 is 0 Å². The Kier molecular flexibility index (Phi) is 6.31. The number of anilines is 1. The first-order valence-corrected chi connectivity index (χ1v) is 11.5. The van der Waals surface area contributed by atoms with Gasteiger partial charge in [0.25, 0.3) is 0 Å². The van der Waals surface area contributed by atoms with Crippen LogP contribution in [0.1, 0.15) is 22.3 Å². The lowest BCUT2D eigenvalue weighted by Gasteiger charge is -2.23. The quantitative estimate of drug-likeness (QED) is 0.287. The molecule has 4 aromatic rings. The summed E-state index contributed by atoms with van der Waals surface area (Å²) in [6.07, 6.45) is 0. The van der Waals surface area contributed by atoms with Gasteiger partial charge in [0, 0.05) is 17.2 Å². The van der Waals surface area contributed by atoms with Crippen LogP contribution in [0.3, 0.4) is 0 Å². The average molecular weight is 500 g/mol. The highest BCUT2D eigenvalue weighted by atomic mass is 79.9. The second-order valence-corrected chi connectivity index (χ2v) is 8.42. The molecule has 0 aliphatic carbocycles. The Bertz CT molecular complexity index is 1260. The second-order valence-electron chi connectivity index (χ2n) is 7.63. The minimum atomic E-state index is 0.515. The fraction of sp³-hybridized carbons (Fsp3) is 0.0714. The molecule has 0 unspecified atom stereocenters. The summed E-state index contributed by atoms with van der Waals surface area (Å²) in [6, 6.07) is 34.0. The molecule has 5 heteroatoms. The van der Waals surface area contributed by atoms with E-state index in [0.717, 1.165) is 49.7 Å². The smallest absolute Gasteiger partial charge is 0.177 e. The molecule has 0 saturated heterocycles. The molecular weight excluding hydrogens is 478 g/mol. The van der Waals surface area contributed by atoms with Crippen molar-refractivity contribution in [1.82, 2.24) is 0 Å². The van der Waals surface area contributed by atoms with E-state index in [0.29, 0.717) is 13.2 Å². The lowest BCUT2D eigenvalue weighted by atomic mass is 10.1. The number of benzene rings is 4. The third kappa shape index (κ3) is 5.04. The number of ether oxygens (including phenoxy) is 2. The van der Waals surface area contributed by atoms with E-state index in [4.69, 9.17) is 14.3 Å². The van der Waals surface area contributed by atoms with Crippen molar-refractivity contribution in [3.05, 3.63) is 125 Å². The summed E-state index contributed by atoms with van der Waals surface area (Å²) < 4.78 is 12.7. The largest absolute Gasteiger partial charge is 0.489 e. The van der Waals surface area contributed by atoms with E-state index in [2.05, 4.69) is 21.4 Å². The van der Waals surface area contributed by atoms with Crippen LogP contribution in [-0.2, 0) is 18.1 Å². The number of halogens is 1. The van der Waals surface area contributed by atoms with Gasteiger partial charge < -0.3 is 14.3 Å². The van der Waals surface area contributed by atoms with Crippen molar-refractivity contribution >= 4 is 31.9 Å². The highest BCUT2D eigenvalue weighted by molar-refractivity contribution is 9.15. The minimum Gasteiger partial charge on any atom is -0.489 e. The predicted octanol–water partition coefficient (Wildman–Crippen LogP) is 7.42. The van der Waals surface area contributed by atoms with Crippen LogP contribution in [0.25, 0.3) is 10.2 Å². The standard InChI is InChI=1S/C28H22BrNO3/c29-27-25-16-15-24(32-19-21-9-5-2-6-10-21)17-26(25)30-33-28(27)22-11-13-23(14-12-22)31-18-20-7-3-1-4-8-20/h1-17,30H,18-19H2. The van der Waals surface area contributed by atoms with Crippen LogP contribution in [0, 0.1) is 0 Å². The molecule has 0 amide bonds. The summed E-state index contributed by atoms with van der Waals surface area (Å²) >= 11 is 3.71. The van der Waals surface area contributed by atoms with Crippen molar-refractivity contribution in [3.8, 4) is 11.5 Å². The summed E-state index contributed by atoms with van der Waals surface area (Å²) in [4.78, 5) is 5.88. The van der Waals surface area contributed by atoms with Crippen molar-refractivity contribution in [2.45, 2.75) is 13.2 Å². The van der Waals surface area contributed by atoms with Gasteiger partial charge in [0.15, 0.2) is 5.76 Å². The van der Waals surface area contributed by atoms with Gasteiger partial charge in [0.05, 0.1) is 10.2 Å². The second kappa shape index (κ2) is 9.84. The fourth-order valence-corrected chi connectivity index (χ4v) is 4.19. The highest BCUT2D eigenvalue weighted by Gasteiger charge is 2.21. The van der Waals surface area contributed by atoms with E-state index >= 15 is 0 Å². The zero-order valence-corrected chi connectivity index (χ0v) is 19.4. The average Bonchev–Trinajstić information content (AvgIpc) is 2.88. The third-order valence-electron chi connectivity index (χ3n) is 5.30. The molecule has 0 saturated carbocycles. The fourth-order valence-electron chi connectivity index (χ4n) is 3.53. The molecule has 1 aliphatic heterocycles. The van der Waals surface area contributed by atoms with E-state index in [-0.39, 0.29) is 0 Å². The molecule has 1 aliphatic rings. The van der Waals surface area contributed by atoms with Crippen LogP contribution >= 0.6 is 15.9 Å². The molecule has 33 heavy (non-hydrogen) atoms. The molecule has 1 heterocycles. The van der Waals surface area contributed by atoms with E-state index in [1.807, 2.05) is 103 Å². The SMILES string of the molecule is BrC1=C(c2ccc(OCc3ccccc3)cc2)ONc2cc(OCc3ccccc3)ccc21. The van der Waals surface area contributed by atoms with Gasteiger partial charge in [-0.2, -0.15) is 0 Å². The highest BCUT2D eigenvalue weighted by Crippen LogP contribution is 2.41. The number of rotatable bonds is 7. The molecule has 0 atom stereocenters. The molecule has 0 aromatic heterocycles. The van der Waals surface area contributed by atoms with Gasteiger partial charge in [-0.1, -0.05) is 60.7 Å². The van der Waals surface area contributed by atoms with E-state index in [9.17, 15) is 0 Å². The van der Waals surface area contributed by atoms with Crippen molar-refractivity contribution in [2.24, 2.45) is 0 Å². The number of nitrogens with one attached hydrogen (secondary N) is 1. The Morgan fingerprint density at radius 1 is 0.667 bits per heavy atom. The zero-order chi connectivity index (χ0) is 22.5. The summed E-state index contributed by atoms with van der Waals surface area (Å²) in [5, 5.41) is 0. The molecule has 0 radical (unpaired) electrons. The van der Waals surface area contributed by atoms with Crippen LogP contribution in [0.15, 0.2) is 103 Å². The monoisotopic (exact) mass is 499 g/mol. The minimum absolute atomic E-state index is 0.515. The van der Waals surface area contributed by atoms with Crippen LogP contribution in [0.5, 0.6) is 11.5 Å². The van der Waals surface area contributed by atoms with Crippen molar-refractivity contribution in [2.75, 3.05) is 5.48 Å². The summed E-state index contributed by atoms with van der Waals surface area (Å²) in [7, 11) is 0. The molecule has 1 N–H and O–H groups in total. The Morgan fingerprint density at radius 2 is 1.24 bits per heavy atom. The first-order valence-electron chi connectivity index (χ1n) is 10.7. The van der Waals surface area contributed by atoms with Crippen molar-refractivity contribution in [3.63, 3.8) is 0 Å². The first-order chi connectivity index (χ1) is 16.3. The lowest BCUT2D eigenvalue weighted by Crippen LogP contribution is -2.09. The van der Waals surface area contributed by atoms with Crippen molar-refractivity contribution in [1.29, 1.82) is 0 Å². The zero-order valence-electron chi connectivity index (χ0n) is 17.8. The van der Waals surface area contributed by atoms with Gasteiger partial charge in [-0.3, -0.25) is 0 Å².